The van der Waals surface area contributed by atoms with Crippen molar-refractivity contribution in [1.82, 2.24) is 14.9 Å². The van der Waals surface area contributed by atoms with E-state index in [2.05, 4.69) is 15.6 Å². The van der Waals surface area contributed by atoms with Crippen LogP contribution in [0.1, 0.15) is 24.2 Å². The molecular formula is C19H19ClN4O2. The molecule has 0 fully saturated rings. The molecule has 6 nitrogen and oxygen atoms in total. The first-order valence-corrected chi connectivity index (χ1v) is 8.53. The molecule has 1 atom stereocenters. The van der Waals surface area contributed by atoms with Crippen molar-refractivity contribution < 1.29 is 4.79 Å². The molecule has 3 rings (SSSR count). The van der Waals surface area contributed by atoms with E-state index in [9.17, 15) is 9.59 Å². The number of rotatable bonds is 4. The Morgan fingerprint density at radius 2 is 1.96 bits per heavy atom. The summed E-state index contributed by atoms with van der Waals surface area (Å²) in [5.74, 6) is 0. The topological polar surface area (TPSA) is 78.9 Å². The molecule has 2 amide bonds. The monoisotopic (exact) mass is 370 g/mol. The zero-order chi connectivity index (χ0) is 18.7. The fourth-order valence-electron chi connectivity index (χ4n) is 2.74. The number of urea groups is 1. The molecule has 0 spiro atoms. The highest BCUT2D eigenvalue weighted by atomic mass is 35.5. The van der Waals surface area contributed by atoms with Gasteiger partial charge in [0.25, 0.3) is 0 Å². The second kappa shape index (κ2) is 7.49. The molecule has 0 bridgehead atoms. The summed E-state index contributed by atoms with van der Waals surface area (Å²) in [6.45, 7) is 3.69. The van der Waals surface area contributed by atoms with Gasteiger partial charge in [0.2, 0.25) is 0 Å². The fraction of sp³-hybridized carbons (Fsp3) is 0.158. The highest BCUT2D eigenvalue weighted by Crippen LogP contribution is 2.21. The molecule has 2 aromatic carbocycles. The maximum atomic E-state index is 12.4. The van der Waals surface area contributed by atoms with Crippen LogP contribution in [-0.2, 0) is 0 Å². The minimum atomic E-state index is -0.369. The second-order valence-corrected chi connectivity index (χ2v) is 6.40. The number of carbonyl (C=O) groups excluding carboxylic acids is 1. The Balaban J connectivity index is 1.79. The van der Waals surface area contributed by atoms with Crippen molar-refractivity contribution >= 4 is 23.3 Å². The third-order valence-electron chi connectivity index (χ3n) is 4.05. The molecule has 0 aliphatic carbocycles. The number of amides is 2. The molecule has 0 aliphatic rings. The number of benzene rings is 2. The van der Waals surface area contributed by atoms with Gasteiger partial charge in [-0.3, -0.25) is 4.57 Å². The Morgan fingerprint density at radius 1 is 1.19 bits per heavy atom. The zero-order valence-corrected chi connectivity index (χ0v) is 15.2. The van der Waals surface area contributed by atoms with Crippen LogP contribution in [-0.4, -0.2) is 15.6 Å². The zero-order valence-electron chi connectivity index (χ0n) is 14.4. The maximum Gasteiger partial charge on any atom is 0.330 e. The Labute approximate surface area is 155 Å². The van der Waals surface area contributed by atoms with Crippen molar-refractivity contribution in [1.29, 1.82) is 0 Å². The number of para-hydroxylation sites is 2. The normalized spacial score (nSPS) is 11.8. The van der Waals surface area contributed by atoms with Gasteiger partial charge in [-0.15, -0.1) is 0 Å². The molecule has 7 heteroatoms. The number of hydrogen-bond donors (Lipinski definition) is 3. The predicted octanol–water partition coefficient (Wildman–Crippen LogP) is 4.01. The molecule has 0 saturated heterocycles. The van der Waals surface area contributed by atoms with Crippen molar-refractivity contribution in [2.75, 3.05) is 5.32 Å². The number of imidazole rings is 1. The largest absolute Gasteiger partial charge is 0.331 e. The lowest BCUT2D eigenvalue weighted by atomic mass is 10.1. The van der Waals surface area contributed by atoms with Gasteiger partial charge >= 0.3 is 11.7 Å². The van der Waals surface area contributed by atoms with Crippen LogP contribution in [0.4, 0.5) is 10.5 Å². The summed E-state index contributed by atoms with van der Waals surface area (Å²) in [6.07, 6.45) is 1.63. The summed E-state index contributed by atoms with van der Waals surface area (Å²) in [6, 6.07) is 13.9. The van der Waals surface area contributed by atoms with Crippen LogP contribution in [0.25, 0.3) is 5.69 Å². The van der Waals surface area contributed by atoms with E-state index < -0.39 is 0 Å². The van der Waals surface area contributed by atoms with Crippen molar-refractivity contribution in [3.05, 3.63) is 81.5 Å². The Kier molecular flexibility index (Phi) is 5.14. The first-order valence-electron chi connectivity index (χ1n) is 8.15. The maximum absolute atomic E-state index is 12.4. The van der Waals surface area contributed by atoms with Gasteiger partial charge in [-0.25, -0.2) is 9.59 Å². The number of hydrogen-bond acceptors (Lipinski definition) is 2. The van der Waals surface area contributed by atoms with Crippen molar-refractivity contribution in [3.63, 3.8) is 0 Å². The first-order chi connectivity index (χ1) is 12.5. The Hall–Kier alpha value is -2.99. The minimum absolute atomic E-state index is 0.224. The lowest BCUT2D eigenvalue weighted by Gasteiger charge is -2.17. The molecule has 0 saturated carbocycles. The Morgan fingerprint density at radius 3 is 2.65 bits per heavy atom. The highest BCUT2D eigenvalue weighted by molar-refractivity contribution is 6.30. The molecule has 134 valence electrons. The number of aryl methyl sites for hydroxylation is 1. The van der Waals surface area contributed by atoms with Crippen LogP contribution in [0.2, 0.25) is 5.02 Å². The van der Waals surface area contributed by atoms with Gasteiger partial charge in [-0.1, -0.05) is 35.9 Å². The van der Waals surface area contributed by atoms with Crippen LogP contribution < -0.4 is 16.3 Å². The smallest absolute Gasteiger partial charge is 0.330 e. The number of aromatic amines is 1. The van der Waals surface area contributed by atoms with E-state index in [1.54, 1.807) is 30.5 Å². The summed E-state index contributed by atoms with van der Waals surface area (Å²) in [5.41, 5.74) is 2.52. The first kappa shape index (κ1) is 17.8. The third kappa shape index (κ3) is 3.81. The summed E-state index contributed by atoms with van der Waals surface area (Å²) in [4.78, 5) is 27.1. The van der Waals surface area contributed by atoms with Gasteiger partial charge in [-0.05, 0) is 43.7 Å². The average Bonchev–Trinajstić information content (AvgIpc) is 2.94. The van der Waals surface area contributed by atoms with Gasteiger partial charge in [0, 0.05) is 16.9 Å². The van der Waals surface area contributed by atoms with E-state index >= 15 is 0 Å². The van der Waals surface area contributed by atoms with Crippen LogP contribution >= 0.6 is 11.6 Å². The molecule has 0 radical (unpaired) electrons. The van der Waals surface area contributed by atoms with Crippen LogP contribution in [0.3, 0.4) is 0 Å². The number of aromatic nitrogens is 2. The summed E-state index contributed by atoms with van der Waals surface area (Å²) < 4.78 is 1.51. The van der Waals surface area contributed by atoms with Gasteiger partial charge in [-0.2, -0.15) is 0 Å². The summed E-state index contributed by atoms with van der Waals surface area (Å²) >= 11 is 6.00. The lowest BCUT2D eigenvalue weighted by Crippen LogP contribution is -2.31. The molecule has 1 unspecified atom stereocenters. The molecule has 1 aromatic heterocycles. The van der Waals surface area contributed by atoms with E-state index in [-0.39, 0.29) is 17.8 Å². The van der Waals surface area contributed by atoms with Crippen molar-refractivity contribution in [2.45, 2.75) is 19.9 Å². The number of H-pyrrole nitrogens is 1. The van der Waals surface area contributed by atoms with Crippen LogP contribution in [0.15, 0.2) is 59.5 Å². The summed E-state index contributed by atoms with van der Waals surface area (Å²) in [5, 5.41) is 6.30. The number of nitrogens with zero attached hydrogens (tertiary/aromatic N) is 1. The average molecular weight is 371 g/mol. The molecule has 26 heavy (non-hydrogen) atoms. The van der Waals surface area contributed by atoms with Gasteiger partial charge in [0.05, 0.1) is 17.4 Å². The lowest BCUT2D eigenvalue weighted by molar-refractivity contribution is 0.249. The van der Waals surface area contributed by atoms with E-state index in [0.29, 0.717) is 16.4 Å². The fourth-order valence-corrected chi connectivity index (χ4v) is 2.94. The number of nitrogens with one attached hydrogen (secondary N) is 3. The van der Waals surface area contributed by atoms with Crippen molar-refractivity contribution in [2.24, 2.45) is 0 Å². The SMILES string of the molecule is Cc1c[nH]c(=O)n1-c1ccccc1NC(=O)NC(C)c1cccc(Cl)c1. The van der Waals surface area contributed by atoms with E-state index in [1.807, 2.05) is 38.1 Å². The third-order valence-corrected chi connectivity index (χ3v) is 4.28. The molecule has 1 heterocycles. The molecule has 3 aromatic rings. The van der Waals surface area contributed by atoms with E-state index in [0.717, 1.165) is 11.3 Å². The van der Waals surface area contributed by atoms with E-state index in [4.69, 9.17) is 11.6 Å². The molecule has 0 aliphatic heterocycles. The number of halogens is 1. The number of carbonyl (C=O) groups is 1. The predicted molar refractivity (Wildman–Crippen MR) is 103 cm³/mol. The Bertz CT molecular complexity index is 993. The minimum Gasteiger partial charge on any atom is -0.331 e. The van der Waals surface area contributed by atoms with Gasteiger partial charge in [0.1, 0.15) is 0 Å². The van der Waals surface area contributed by atoms with Crippen molar-refractivity contribution in [3.8, 4) is 5.69 Å². The van der Waals surface area contributed by atoms with Gasteiger partial charge < -0.3 is 15.6 Å². The van der Waals surface area contributed by atoms with E-state index in [1.165, 1.54) is 4.57 Å². The van der Waals surface area contributed by atoms with Gasteiger partial charge in [0.15, 0.2) is 0 Å². The second-order valence-electron chi connectivity index (χ2n) is 5.96. The highest BCUT2D eigenvalue weighted by Gasteiger charge is 2.14. The quantitative estimate of drug-likeness (QED) is 0.648. The number of anilines is 1. The standard InChI is InChI=1S/C19H19ClN4O2/c1-12-11-21-19(26)24(12)17-9-4-3-8-16(17)23-18(25)22-13(2)14-6-5-7-15(20)10-14/h3-11,13H,1-2H3,(H,21,26)(H2,22,23,25). The summed E-state index contributed by atoms with van der Waals surface area (Å²) in [7, 11) is 0. The van der Waals surface area contributed by atoms with Crippen LogP contribution in [0.5, 0.6) is 0 Å². The van der Waals surface area contributed by atoms with Crippen LogP contribution in [0, 0.1) is 6.92 Å². The molecular weight excluding hydrogens is 352 g/mol. The molecule has 3 N–H and O–H groups in total.